The van der Waals surface area contributed by atoms with Gasteiger partial charge in [-0.15, -0.1) is 5.10 Å². The summed E-state index contributed by atoms with van der Waals surface area (Å²) in [4.78, 5) is 2.48. The van der Waals surface area contributed by atoms with E-state index in [0.717, 1.165) is 57.9 Å². The van der Waals surface area contributed by atoms with Gasteiger partial charge in [-0.25, -0.2) is 4.68 Å². The summed E-state index contributed by atoms with van der Waals surface area (Å²) in [6.45, 7) is 9.50. The fourth-order valence-corrected chi connectivity index (χ4v) is 13.2. The van der Waals surface area contributed by atoms with Crippen molar-refractivity contribution in [3.63, 3.8) is 0 Å². The summed E-state index contributed by atoms with van der Waals surface area (Å²) in [6, 6.07) is 0.167. The number of aliphatic hydroxyl groups excluding tert-OH is 8. The van der Waals surface area contributed by atoms with E-state index in [1.54, 1.807) is 11.8 Å². The smallest absolute Gasteiger partial charge is 0.187 e. The van der Waals surface area contributed by atoms with Crippen LogP contribution in [0.15, 0.2) is 29.0 Å². The fourth-order valence-electron chi connectivity index (χ4n) is 13.2. The zero-order valence-electron chi connectivity index (χ0n) is 34.0. The molecule has 2 saturated carbocycles. The van der Waals surface area contributed by atoms with Crippen LogP contribution in [0.3, 0.4) is 0 Å². The van der Waals surface area contributed by atoms with E-state index in [1.165, 1.54) is 15.8 Å². The van der Waals surface area contributed by atoms with Crippen LogP contribution < -0.4 is 0 Å². The minimum Gasteiger partial charge on any atom is -0.394 e. The Labute approximate surface area is 339 Å². The normalized spacial score (nSPS) is 50.7. The number of fused-ring (bicyclic) bond motifs is 6. The molecule has 5 heterocycles. The van der Waals surface area contributed by atoms with E-state index in [0.29, 0.717) is 35.9 Å². The Bertz CT molecular complexity index is 1740. The Morgan fingerprint density at radius 1 is 0.914 bits per heavy atom. The van der Waals surface area contributed by atoms with Crippen molar-refractivity contribution >= 4 is 0 Å². The molecule has 1 spiro atoms. The molecule has 0 radical (unpaired) electrons. The Morgan fingerprint density at radius 3 is 2.45 bits per heavy atom. The first-order valence-corrected chi connectivity index (χ1v) is 21.7. The van der Waals surface area contributed by atoms with Gasteiger partial charge in [-0.1, -0.05) is 43.2 Å². The molecule has 9 rings (SSSR count). The van der Waals surface area contributed by atoms with Crippen LogP contribution in [0.1, 0.15) is 91.0 Å². The van der Waals surface area contributed by atoms with Gasteiger partial charge in [0.15, 0.2) is 12.5 Å². The number of hydrogen-bond donors (Lipinski definition) is 8. The molecular formula is C42H64N4O12. The number of aliphatic hydroxyl groups is 8. The monoisotopic (exact) mass is 816 g/mol. The molecule has 4 aliphatic carbocycles. The maximum atomic E-state index is 11.3. The topological polar surface area (TPSA) is 233 Å². The van der Waals surface area contributed by atoms with E-state index in [4.69, 9.17) is 18.9 Å². The van der Waals surface area contributed by atoms with Crippen LogP contribution in [0.4, 0.5) is 0 Å². The molecule has 16 nitrogen and oxygen atoms in total. The van der Waals surface area contributed by atoms with Crippen LogP contribution in [0, 0.1) is 35.0 Å². The van der Waals surface area contributed by atoms with Gasteiger partial charge in [-0.2, -0.15) is 0 Å². The Kier molecular flexibility index (Phi) is 11.1. The van der Waals surface area contributed by atoms with Crippen LogP contribution in [0.2, 0.25) is 0 Å². The highest BCUT2D eigenvalue weighted by Crippen LogP contribution is 2.65. The van der Waals surface area contributed by atoms with Crippen LogP contribution >= 0.6 is 0 Å². The number of aromatic nitrogens is 3. The average molecular weight is 817 g/mol. The summed E-state index contributed by atoms with van der Waals surface area (Å²) < 4.78 is 25.9. The van der Waals surface area contributed by atoms with Crippen LogP contribution in [0.5, 0.6) is 0 Å². The lowest BCUT2D eigenvalue weighted by molar-refractivity contribution is -0.347. The summed E-state index contributed by atoms with van der Waals surface area (Å²) in [5, 5.41) is 92.4. The van der Waals surface area contributed by atoms with E-state index in [1.807, 2.05) is 0 Å². The molecule has 4 saturated heterocycles. The molecule has 58 heavy (non-hydrogen) atoms. The van der Waals surface area contributed by atoms with E-state index in [9.17, 15) is 40.9 Å². The fraction of sp³-hybridized carbons (Fsp3) is 0.857. The van der Waals surface area contributed by atoms with Crippen molar-refractivity contribution in [3.8, 4) is 0 Å². The van der Waals surface area contributed by atoms with Gasteiger partial charge in [0.25, 0.3) is 0 Å². The largest absolute Gasteiger partial charge is 0.394 e. The van der Waals surface area contributed by atoms with Crippen molar-refractivity contribution in [3.05, 3.63) is 34.7 Å². The predicted molar refractivity (Wildman–Crippen MR) is 204 cm³/mol. The number of rotatable bonds is 7. The second kappa shape index (κ2) is 15.5. The number of ether oxygens (including phenoxy) is 4. The number of piperidine rings is 1. The summed E-state index contributed by atoms with van der Waals surface area (Å²) >= 11 is 0. The lowest BCUT2D eigenvalue weighted by atomic mass is 9.56. The molecule has 1 aromatic heterocycles. The highest BCUT2D eigenvalue weighted by molar-refractivity contribution is 5.38. The van der Waals surface area contributed by atoms with Crippen molar-refractivity contribution in [2.24, 2.45) is 35.0 Å². The summed E-state index contributed by atoms with van der Waals surface area (Å²) in [5.74, 6) is 2.51. The van der Waals surface area contributed by atoms with Gasteiger partial charge in [0.2, 0.25) is 0 Å². The lowest BCUT2D eigenvalue weighted by Gasteiger charge is -2.49. The first-order valence-electron chi connectivity index (χ1n) is 21.7. The zero-order valence-corrected chi connectivity index (χ0v) is 34.0. The molecule has 6 fully saturated rings. The highest BCUT2D eigenvalue weighted by atomic mass is 16.7. The molecular weight excluding hydrogens is 752 g/mol. The third-order valence-electron chi connectivity index (χ3n) is 16.3. The Balaban J connectivity index is 0.899. The van der Waals surface area contributed by atoms with Gasteiger partial charge in [0.05, 0.1) is 42.9 Å². The van der Waals surface area contributed by atoms with Crippen molar-refractivity contribution in [2.75, 3.05) is 19.8 Å². The molecule has 8 N–H and O–H groups in total. The van der Waals surface area contributed by atoms with Crippen LogP contribution in [-0.2, 0) is 25.5 Å². The Morgan fingerprint density at radius 2 is 1.69 bits per heavy atom. The van der Waals surface area contributed by atoms with Crippen molar-refractivity contribution in [2.45, 2.75) is 171 Å². The maximum absolute atomic E-state index is 11.3. The molecule has 324 valence electrons. The summed E-state index contributed by atoms with van der Waals surface area (Å²) in [7, 11) is 0. The number of nitrogens with zero attached hydrogens (tertiary/aromatic N) is 4. The van der Waals surface area contributed by atoms with E-state index in [-0.39, 0.29) is 35.2 Å². The number of allylic oxidation sites excluding steroid dienone is 2. The molecule has 0 amide bonds. The molecule has 0 bridgehead atoms. The Hall–Kier alpha value is -1.90. The standard InChI is InChI=1S/C42H64N4O12/c1-19-11-29-32(21(3)42(58-29)10-8-25-26-6-5-22-12-24(49)7-9-41(22,4)28(26)13-27(25)20(42)2)45(14-19)15-23-16-46(44-43-23)39-36(53)35(52)38(31(18-48)55-39)57-40-37(54)34(51)33(50)30(17-47)56-40/h5,16,19,21,24-26,28-40,47-54H,6-15,17-18H2,1-4H3/t19-,21+,24-,25-,26-,28-,29+,30?,31?,32-,33+,34?,35?,36?,37?,38+,39+,40-,41-,42-/m0/s1. The third kappa shape index (κ3) is 6.51. The molecule has 6 unspecified atom stereocenters. The minimum absolute atomic E-state index is 0.0692. The van der Waals surface area contributed by atoms with E-state index >= 15 is 0 Å². The first-order chi connectivity index (χ1) is 27.7. The van der Waals surface area contributed by atoms with Crippen molar-refractivity contribution in [1.29, 1.82) is 0 Å². The second-order valence-electron chi connectivity index (χ2n) is 19.4. The lowest BCUT2D eigenvalue weighted by Crippen LogP contribution is -2.63. The molecule has 16 heteroatoms. The quantitative estimate of drug-likeness (QED) is 0.173. The first kappa shape index (κ1) is 41.5. The average Bonchev–Trinajstić information content (AvgIpc) is 3.90. The molecule has 0 aromatic carbocycles. The van der Waals surface area contributed by atoms with Gasteiger partial charge >= 0.3 is 0 Å². The molecule has 20 atom stereocenters. The van der Waals surface area contributed by atoms with E-state index in [2.05, 4.69) is 49.0 Å². The highest BCUT2D eigenvalue weighted by Gasteiger charge is 2.62. The summed E-state index contributed by atoms with van der Waals surface area (Å²) in [6.07, 6.45) is -2.86. The predicted octanol–water partition coefficient (Wildman–Crippen LogP) is 0.303. The maximum Gasteiger partial charge on any atom is 0.187 e. The minimum atomic E-state index is -1.75. The third-order valence-corrected chi connectivity index (χ3v) is 16.3. The number of likely N-dealkylation sites (tertiary alicyclic amines) is 1. The van der Waals surface area contributed by atoms with E-state index < -0.39 is 74.6 Å². The SMILES string of the molecule is CC1=C2C[C@H]3[C@@H](CC=C4C[C@@H](O)CC[C@@]43C)[C@@H]2CC[C@]12O[C@@H]1C[C@H](C)CN(Cc3cn([C@@H]4OC(CO)[C@@H](O[C@@H]5OC(CO)[C@@H](O)C(O)C5O)C(O)C4O)nn3)[C@H]1[C@H]2C. The summed E-state index contributed by atoms with van der Waals surface area (Å²) in [5.41, 5.74) is 5.06. The van der Waals surface area contributed by atoms with Crippen LogP contribution in [-0.4, -0.2) is 159 Å². The molecule has 4 aliphatic heterocycles. The van der Waals surface area contributed by atoms with Gasteiger partial charge < -0.3 is 59.8 Å². The van der Waals surface area contributed by atoms with Gasteiger partial charge in [0, 0.05) is 25.0 Å². The van der Waals surface area contributed by atoms with Gasteiger partial charge in [-0.3, -0.25) is 4.90 Å². The van der Waals surface area contributed by atoms with Gasteiger partial charge in [-0.05, 0) is 93.0 Å². The second-order valence-corrected chi connectivity index (χ2v) is 19.4. The van der Waals surface area contributed by atoms with Crippen LogP contribution in [0.25, 0.3) is 0 Å². The number of hydrogen-bond acceptors (Lipinski definition) is 15. The van der Waals surface area contributed by atoms with Crippen molar-refractivity contribution in [1.82, 2.24) is 19.9 Å². The molecule has 1 aromatic rings. The van der Waals surface area contributed by atoms with Gasteiger partial charge in [0.1, 0.15) is 48.8 Å². The molecule has 8 aliphatic rings. The van der Waals surface area contributed by atoms with Crippen molar-refractivity contribution < 1.29 is 59.8 Å². The zero-order chi connectivity index (χ0) is 41.0.